The third-order valence-corrected chi connectivity index (χ3v) is 3.82. The van der Waals surface area contributed by atoms with Gasteiger partial charge in [-0.25, -0.2) is 0 Å². The van der Waals surface area contributed by atoms with Crippen LogP contribution in [-0.4, -0.2) is 55.0 Å². The van der Waals surface area contributed by atoms with E-state index >= 15 is 0 Å². The van der Waals surface area contributed by atoms with Crippen molar-refractivity contribution in [3.63, 3.8) is 0 Å². The van der Waals surface area contributed by atoms with Crippen LogP contribution in [0, 0.1) is 17.8 Å². The van der Waals surface area contributed by atoms with Gasteiger partial charge in [-0.05, 0) is 43.7 Å². The molecule has 0 aromatic heterocycles. The second kappa shape index (κ2) is 10.4. The highest BCUT2D eigenvalue weighted by atomic mass is 35.5. The third-order valence-electron chi connectivity index (χ3n) is 3.82. The Morgan fingerprint density at radius 1 is 1.24 bits per heavy atom. The van der Waals surface area contributed by atoms with Crippen LogP contribution in [0.3, 0.4) is 0 Å². The summed E-state index contributed by atoms with van der Waals surface area (Å²) in [6, 6.07) is 0. The summed E-state index contributed by atoms with van der Waals surface area (Å²) in [5, 5.41) is 0. The molecule has 0 aliphatic carbocycles. The Morgan fingerprint density at radius 2 is 1.81 bits per heavy atom. The fraction of sp³-hybridized carbons (Fsp3) is 0.938. The van der Waals surface area contributed by atoms with Crippen molar-refractivity contribution in [1.29, 1.82) is 0 Å². The summed E-state index contributed by atoms with van der Waals surface area (Å²) in [5.41, 5.74) is 5.77. The molecule has 1 fully saturated rings. The summed E-state index contributed by atoms with van der Waals surface area (Å²) in [6.45, 7) is 13.8. The minimum absolute atomic E-state index is 0. The van der Waals surface area contributed by atoms with Crippen molar-refractivity contribution >= 4 is 18.3 Å². The molecular formula is C16H34ClN3O. The second-order valence-corrected chi connectivity index (χ2v) is 7.07. The molecule has 0 bridgehead atoms. The number of rotatable bonds is 7. The minimum atomic E-state index is 0. The van der Waals surface area contributed by atoms with E-state index in [0.29, 0.717) is 24.3 Å². The first kappa shape index (κ1) is 20.7. The van der Waals surface area contributed by atoms with Crippen molar-refractivity contribution in [1.82, 2.24) is 9.80 Å². The van der Waals surface area contributed by atoms with Crippen molar-refractivity contribution in [2.75, 3.05) is 39.3 Å². The quantitative estimate of drug-likeness (QED) is 0.783. The van der Waals surface area contributed by atoms with Gasteiger partial charge in [0.05, 0.1) is 6.54 Å². The maximum Gasteiger partial charge on any atom is 0.236 e. The van der Waals surface area contributed by atoms with Crippen LogP contribution in [0.15, 0.2) is 0 Å². The van der Waals surface area contributed by atoms with Gasteiger partial charge in [0.1, 0.15) is 0 Å². The minimum Gasteiger partial charge on any atom is -0.341 e. The van der Waals surface area contributed by atoms with Crippen molar-refractivity contribution in [3.8, 4) is 0 Å². The van der Waals surface area contributed by atoms with Crippen LogP contribution >= 0.6 is 12.4 Å². The van der Waals surface area contributed by atoms with Gasteiger partial charge in [-0.15, -0.1) is 12.4 Å². The normalized spacial score (nSPS) is 19.7. The lowest BCUT2D eigenvalue weighted by Gasteiger charge is -2.34. The number of likely N-dealkylation sites (tertiary alicyclic amines) is 1. The van der Waals surface area contributed by atoms with Gasteiger partial charge in [0.2, 0.25) is 5.91 Å². The summed E-state index contributed by atoms with van der Waals surface area (Å²) >= 11 is 0. The van der Waals surface area contributed by atoms with Crippen molar-refractivity contribution in [2.45, 2.75) is 40.5 Å². The Kier molecular flexibility index (Phi) is 10.3. The fourth-order valence-electron chi connectivity index (χ4n) is 2.94. The molecule has 2 N–H and O–H groups in total. The molecule has 4 nitrogen and oxygen atoms in total. The lowest BCUT2D eigenvalue weighted by molar-refractivity contribution is -0.134. The Bertz CT molecular complexity index is 287. The van der Waals surface area contributed by atoms with Crippen molar-refractivity contribution in [2.24, 2.45) is 23.5 Å². The number of piperidine rings is 1. The smallest absolute Gasteiger partial charge is 0.236 e. The lowest BCUT2D eigenvalue weighted by Crippen LogP contribution is -2.47. The number of amides is 1. The molecule has 1 aliphatic heterocycles. The molecule has 0 saturated carbocycles. The van der Waals surface area contributed by atoms with Gasteiger partial charge in [-0.1, -0.05) is 27.7 Å². The van der Waals surface area contributed by atoms with Crippen LogP contribution in [0.4, 0.5) is 0 Å². The third kappa shape index (κ3) is 8.03. The molecule has 1 amide bonds. The standard InChI is InChI=1S/C16H33N3O.ClH/c1-13(2)9-19(10-14(3)4)16(20)12-18-7-5-6-15(8-17)11-18;/h13-15H,5-12,17H2,1-4H3;1H. The summed E-state index contributed by atoms with van der Waals surface area (Å²) in [4.78, 5) is 16.9. The molecule has 126 valence electrons. The first-order chi connectivity index (χ1) is 9.42. The summed E-state index contributed by atoms with van der Waals surface area (Å²) < 4.78 is 0. The average molecular weight is 320 g/mol. The SMILES string of the molecule is CC(C)CN(CC(C)C)C(=O)CN1CCCC(CN)C1.Cl. The van der Waals surface area contributed by atoms with Crippen LogP contribution in [0.1, 0.15) is 40.5 Å². The molecule has 0 spiro atoms. The molecule has 1 atom stereocenters. The van der Waals surface area contributed by atoms with Gasteiger partial charge in [-0.2, -0.15) is 0 Å². The average Bonchev–Trinajstić information content (AvgIpc) is 2.37. The number of carbonyl (C=O) groups excluding carboxylic acids is 1. The van der Waals surface area contributed by atoms with Crippen LogP contribution in [0.5, 0.6) is 0 Å². The van der Waals surface area contributed by atoms with Gasteiger partial charge in [-0.3, -0.25) is 9.69 Å². The van der Waals surface area contributed by atoms with Crippen LogP contribution < -0.4 is 5.73 Å². The highest BCUT2D eigenvalue weighted by molar-refractivity contribution is 5.85. The van der Waals surface area contributed by atoms with E-state index in [9.17, 15) is 4.79 Å². The fourth-order valence-corrected chi connectivity index (χ4v) is 2.94. The maximum absolute atomic E-state index is 12.5. The molecule has 1 heterocycles. The zero-order valence-electron chi connectivity index (χ0n) is 14.2. The van der Waals surface area contributed by atoms with Gasteiger partial charge < -0.3 is 10.6 Å². The van der Waals surface area contributed by atoms with Crippen LogP contribution in [-0.2, 0) is 4.79 Å². The first-order valence-electron chi connectivity index (χ1n) is 8.12. The molecule has 21 heavy (non-hydrogen) atoms. The van der Waals surface area contributed by atoms with E-state index in [2.05, 4.69) is 32.6 Å². The second-order valence-electron chi connectivity index (χ2n) is 7.07. The monoisotopic (exact) mass is 319 g/mol. The van der Waals surface area contributed by atoms with E-state index in [1.54, 1.807) is 0 Å². The molecule has 1 saturated heterocycles. The highest BCUT2D eigenvalue weighted by Crippen LogP contribution is 2.15. The lowest BCUT2D eigenvalue weighted by atomic mass is 9.98. The van der Waals surface area contributed by atoms with Gasteiger partial charge in [0.15, 0.2) is 0 Å². The van der Waals surface area contributed by atoms with Crippen molar-refractivity contribution < 1.29 is 4.79 Å². The van der Waals surface area contributed by atoms with Gasteiger partial charge in [0, 0.05) is 19.6 Å². The van der Waals surface area contributed by atoms with Crippen molar-refractivity contribution in [3.05, 3.63) is 0 Å². The number of carbonyl (C=O) groups is 1. The Hall–Kier alpha value is -0.320. The summed E-state index contributed by atoms with van der Waals surface area (Å²) in [5.74, 6) is 1.90. The Balaban J connectivity index is 0.00000400. The Morgan fingerprint density at radius 3 is 2.29 bits per heavy atom. The van der Waals surface area contributed by atoms with E-state index < -0.39 is 0 Å². The van der Waals surface area contributed by atoms with E-state index in [0.717, 1.165) is 32.7 Å². The van der Waals surface area contributed by atoms with E-state index in [1.165, 1.54) is 12.8 Å². The highest BCUT2D eigenvalue weighted by Gasteiger charge is 2.23. The predicted molar refractivity (Wildman–Crippen MR) is 91.7 cm³/mol. The molecule has 1 unspecified atom stereocenters. The Labute approximate surface area is 136 Å². The van der Waals surface area contributed by atoms with Crippen LogP contribution in [0.2, 0.25) is 0 Å². The van der Waals surface area contributed by atoms with Crippen LogP contribution in [0.25, 0.3) is 0 Å². The molecule has 0 radical (unpaired) electrons. The summed E-state index contributed by atoms with van der Waals surface area (Å²) in [7, 11) is 0. The number of nitrogens with two attached hydrogens (primary N) is 1. The zero-order chi connectivity index (χ0) is 15.1. The van der Waals surface area contributed by atoms with Gasteiger partial charge in [0.25, 0.3) is 0 Å². The number of halogens is 1. The molecule has 0 aromatic rings. The van der Waals surface area contributed by atoms with E-state index in [1.807, 2.05) is 4.90 Å². The predicted octanol–water partition coefficient (Wildman–Crippen LogP) is 2.22. The molecule has 1 aliphatic rings. The number of hydrogen-bond donors (Lipinski definition) is 1. The van der Waals surface area contributed by atoms with E-state index in [4.69, 9.17) is 5.73 Å². The topological polar surface area (TPSA) is 49.6 Å². The number of hydrogen-bond acceptors (Lipinski definition) is 3. The largest absolute Gasteiger partial charge is 0.341 e. The van der Waals surface area contributed by atoms with Gasteiger partial charge >= 0.3 is 0 Å². The molecule has 0 aromatic carbocycles. The molecule has 1 rings (SSSR count). The van der Waals surface area contributed by atoms with E-state index in [-0.39, 0.29) is 18.3 Å². The zero-order valence-corrected chi connectivity index (χ0v) is 15.0. The summed E-state index contributed by atoms with van der Waals surface area (Å²) in [6.07, 6.45) is 2.38. The number of nitrogens with zero attached hydrogens (tertiary/aromatic N) is 2. The first-order valence-corrected chi connectivity index (χ1v) is 8.12. The molecular weight excluding hydrogens is 286 g/mol. The maximum atomic E-state index is 12.5. The molecule has 5 heteroatoms.